The van der Waals surface area contributed by atoms with Crippen molar-refractivity contribution >= 4 is 19.9 Å². The second-order valence-corrected chi connectivity index (χ2v) is 9.36. The van der Waals surface area contributed by atoms with Crippen molar-refractivity contribution in [3.63, 3.8) is 0 Å². The Kier molecular flexibility index (Phi) is 4.93. The van der Waals surface area contributed by atoms with Gasteiger partial charge in [-0.15, -0.1) is 0 Å². The summed E-state index contributed by atoms with van der Waals surface area (Å²) in [4.78, 5) is 0.434. The highest BCUT2D eigenvalue weighted by molar-refractivity contribution is 7.90. The van der Waals surface area contributed by atoms with Crippen LogP contribution in [0.3, 0.4) is 0 Å². The zero-order valence-electron chi connectivity index (χ0n) is 13.2. The van der Waals surface area contributed by atoms with Crippen molar-refractivity contribution in [3.8, 4) is 0 Å². The maximum absolute atomic E-state index is 12.6. The van der Waals surface area contributed by atoms with Crippen LogP contribution < -0.4 is 0 Å². The normalized spacial score (nSPS) is 13.9. The fourth-order valence-electron chi connectivity index (χ4n) is 2.17. The van der Waals surface area contributed by atoms with Gasteiger partial charge in [0, 0.05) is 19.3 Å². The molecule has 124 valence electrons. The van der Waals surface area contributed by atoms with E-state index in [0.717, 1.165) is 11.8 Å². The van der Waals surface area contributed by atoms with E-state index in [-0.39, 0.29) is 9.79 Å². The first-order chi connectivity index (χ1) is 10.6. The molecule has 0 aliphatic rings. The number of sulfonamides is 1. The van der Waals surface area contributed by atoms with Crippen LogP contribution in [0.5, 0.6) is 0 Å². The Morgan fingerprint density at radius 1 is 0.826 bits per heavy atom. The summed E-state index contributed by atoms with van der Waals surface area (Å²) in [5.74, 6) is 0. The molecule has 0 bridgehead atoms. The van der Waals surface area contributed by atoms with Gasteiger partial charge in [-0.3, -0.25) is 0 Å². The number of hydrogen-bond donors (Lipinski definition) is 0. The quantitative estimate of drug-likeness (QED) is 0.828. The van der Waals surface area contributed by atoms with E-state index in [1.807, 2.05) is 0 Å². The van der Waals surface area contributed by atoms with Crippen molar-refractivity contribution in [2.75, 3.05) is 13.3 Å². The van der Waals surface area contributed by atoms with Gasteiger partial charge in [-0.2, -0.15) is 4.31 Å². The van der Waals surface area contributed by atoms with Crippen LogP contribution in [0.15, 0.2) is 64.4 Å². The minimum atomic E-state index is -3.61. The average molecular weight is 353 g/mol. The third kappa shape index (κ3) is 3.80. The van der Waals surface area contributed by atoms with Crippen LogP contribution >= 0.6 is 0 Å². The number of sulfone groups is 1. The topological polar surface area (TPSA) is 71.5 Å². The smallest absolute Gasteiger partial charge is 0.224 e. The van der Waals surface area contributed by atoms with Crippen molar-refractivity contribution in [1.29, 1.82) is 0 Å². The molecule has 2 aromatic carbocycles. The minimum Gasteiger partial charge on any atom is -0.224 e. The second-order valence-electron chi connectivity index (χ2n) is 5.35. The van der Waals surface area contributed by atoms with Gasteiger partial charge in [0.15, 0.2) is 9.84 Å². The first-order valence-electron chi connectivity index (χ1n) is 6.97. The average Bonchev–Trinajstić information content (AvgIpc) is 2.53. The summed E-state index contributed by atoms with van der Waals surface area (Å²) in [6.07, 6.45) is 1.14. The fraction of sp³-hybridized carbons (Fsp3) is 0.250. The summed E-state index contributed by atoms with van der Waals surface area (Å²) in [5, 5.41) is 0. The molecule has 2 aromatic rings. The Morgan fingerprint density at radius 3 is 1.83 bits per heavy atom. The third-order valence-corrected chi connectivity index (χ3v) is 6.83. The number of nitrogens with zero attached hydrogens (tertiary/aromatic N) is 1. The standard InChI is InChI=1S/C16H19NO4S2/c1-13(14-9-11-15(12-10-14)22(3,18)19)17(2)23(20,21)16-7-5-4-6-8-16/h4-13H,1-3H3. The molecule has 0 saturated heterocycles. The van der Waals surface area contributed by atoms with Gasteiger partial charge in [-0.25, -0.2) is 16.8 Å². The molecule has 2 rings (SSSR count). The maximum atomic E-state index is 12.6. The van der Waals surface area contributed by atoms with Gasteiger partial charge >= 0.3 is 0 Å². The lowest BCUT2D eigenvalue weighted by Crippen LogP contribution is -2.29. The Bertz CT molecular complexity index is 873. The molecule has 0 saturated carbocycles. The van der Waals surface area contributed by atoms with Gasteiger partial charge in [-0.1, -0.05) is 30.3 Å². The van der Waals surface area contributed by atoms with Crippen molar-refractivity contribution in [1.82, 2.24) is 4.31 Å². The van der Waals surface area contributed by atoms with E-state index in [0.29, 0.717) is 0 Å². The van der Waals surface area contributed by atoms with E-state index in [9.17, 15) is 16.8 Å². The fourth-order valence-corrected chi connectivity index (χ4v) is 4.17. The monoisotopic (exact) mass is 353 g/mol. The number of benzene rings is 2. The van der Waals surface area contributed by atoms with Gasteiger partial charge in [0.25, 0.3) is 0 Å². The Morgan fingerprint density at radius 2 is 1.35 bits per heavy atom. The van der Waals surface area contributed by atoms with Crippen molar-refractivity contribution in [3.05, 3.63) is 60.2 Å². The molecule has 0 amide bonds. The highest BCUT2D eigenvalue weighted by Crippen LogP contribution is 2.26. The summed E-state index contributed by atoms with van der Waals surface area (Å²) >= 11 is 0. The molecule has 0 heterocycles. The second kappa shape index (κ2) is 6.43. The number of rotatable bonds is 5. The molecule has 1 atom stereocenters. The van der Waals surface area contributed by atoms with E-state index in [4.69, 9.17) is 0 Å². The van der Waals surface area contributed by atoms with E-state index in [2.05, 4.69) is 0 Å². The summed E-state index contributed by atoms with van der Waals surface area (Å²) in [6.45, 7) is 1.76. The van der Waals surface area contributed by atoms with E-state index < -0.39 is 25.9 Å². The van der Waals surface area contributed by atoms with Gasteiger partial charge in [0.2, 0.25) is 10.0 Å². The molecule has 0 aliphatic carbocycles. The first-order valence-corrected chi connectivity index (χ1v) is 10.3. The predicted molar refractivity (Wildman–Crippen MR) is 89.4 cm³/mol. The van der Waals surface area contributed by atoms with Crippen LogP contribution in [0.4, 0.5) is 0 Å². The molecule has 5 nitrogen and oxygen atoms in total. The zero-order valence-corrected chi connectivity index (χ0v) is 14.8. The lowest BCUT2D eigenvalue weighted by Gasteiger charge is -2.24. The van der Waals surface area contributed by atoms with Crippen molar-refractivity contribution < 1.29 is 16.8 Å². The number of hydrogen-bond acceptors (Lipinski definition) is 4. The van der Waals surface area contributed by atoms with Crippen LogP contribution in [0, 0.1) is 0 Å². The summed E-state index contributed by atoms with van der Waals surface area (Å²) < 4.78 is 49.5. The lowest BCUT2D eigenvalue weighted by molar-refractivity contribution is 0.398. The predicted octanol–water partition coefficient (Wildman–Crippen LogP) is 2.47. The van der Waals surface area contributed by atoms with Gasteiger partial charge < -0.3 is 0 Å². The van der Waals surface area contributed by atoms with Gasteiger partial charge in [0.1, 0.15) is 0 Å². The highest BCUT2D eigenvalue weighted by atomic mass is 32.2. The Labute approximate surface area is 137 Å². The maximum Gasteiger partial charge on any atom is 0.243 e. The molecule has 0 N–H and O–H groups in total. The molecule has 0 spiro atoms. The third-order valence-electron chi connectivity index (χ3n) is 3.76. The van der Waals surface area contributed by atoms with E-state index in [1.54, 1.807) is 49.4 Å². The van der Waals surface area contributed by atoms with Crippen LogP contribution in [0.2, 0.25) is 0 Å². The summed E-state index contributed by atoms with van der Waals surface area (Å²) in [5.41, 5.74) is 0.722. The molecule has 7 heteroatoms. The highest BCUT2D eigenvalue weighted by Gasteiger charge is 2.26. The van der Waals surface area contributed by atoms with Crippen LogP contribution in [0.1, 0.15) is 18.5 Å². The van der Waals surface area contributed by atoms with Crippen molar-refractivity contribution in [2.45, 2.75) is 22.8 Å². The van der Waals surface area contributed by atoms with Crippen LogP contribution in [0.25, 0.3) is 0 Å². The van der Waals surface area contributed by atoms with Crippen LogP contribution in [-0.4, -0.2) is 34.4 Å². The summed E-state index contributed by atoms with van der Waals surface area (Å²) in [7, 11) is -5.37. The van der Waals surface area contributed by atoms with Crippen molar-refractivity contribution in [2.24, 2.45) is 0 Å². The van der Waals surface area contributed by atoms with Gasteiger partial charge in [-0.05, 0) is 36.8 Å². The molecule has 23 heavy (non-hydrogen) atoms. The Hall–Kier alpha value is -1.70. The summed E-state index contributed by atoms with van der Waals surface area (Å²) in [6, 6.07) is 14.0. The molecule has 0 fully saturated rings. The zero-order chi connectivity index (χ0) is 17.3. The lowest BCUT2D eigenvalue weighted by atomic mass is 10.1. The SMILES string of the molecule is CC(c1ccc(S(C)(=O)=O)cc1)N(C)S(=O)(=O)c1ccccc1. The largest absolute Gasteiger partial charge is 0.243 e. The van der Waals surface area contributed by atoms with Crippen LogP contribution in [-0.2, 0) is 19.9 Å². The van der Waals surface area contributed by atoms with E-state index in [1.165, 1.54) is 23.5 Å². The van der Waals surface area contributed by atoms with E-state index >= 15 is 0 Å². The molecule has 0 aromatic heterocycles. The molecule has 0 radical (unpaired) electrons. The molecular formula is C16H19NO4S2. The Balaban J connectivity index is 2.31. The molecular weight excluding hydrogens is 334 g/mol. The first kappa shape index (κ1) is 17.7. The minimum absolute atomic E-state index is 0.210. The molecule has 1 unspecified atom stereocenters. The molecule has 0 aliphatic heterocycles. The van der Waals surface area contributed by atoms with Gasteiger partial charge in [0.05, 0.1) is 9.79 Å².